The molecule has 0 unspecified atom stereocenters. The fourth-order valence-corrected chi connectivity index (χ4v) is 3.72. The van der Waals surface area contributed by atoms with Gasteiger partial charge in [-0.2, -0.15) is 5.10 Å². The van der Waals surface area contributed by atoms with E-state index in [1.54, 1.807) is 28.9 Å². The lowest BCUT2D eigenvalue weighted by Gasteiger charge is -2.33. The molecule has 1 atom stereocenters. The first-order valence-electron chi connectivity index (χ1n) is 8.34. The van der Waals surface area contributed by atoms with Crippen LogP contribution in [0, 0.1) is 0 Å². The van der Waals surface area contributed by atoms with E-state index < -0.39 is 6.10 Å². The van der Waals surface area contributed by atoms with E-state index in [1.807, 2.05) is 0 Å². The second kappa shape index (κ2) is 6.79. The van der Waals surface area contributed by atoms with Gasteiger partial charge < -0.3 is 10.0 Å². The van der Waals surface area contributed by atoms with Gasteiger partial charge in [-0.05, 0) is 18.9 Å². The maximum Gasteiger partial charge on any atom is 0.272 e. The van der Waals surface area contributed by atoms with Crippen molar-refractivity contribution in [3.8, 4) is 0 Å². The fraction of sp³-hybridized carbons (Fsp3) is 0.750. The summed E-state index contributed by atoms with van der Waals surface area (Å²) in [5, 5.41) is 14.4. The van der Waals surface area contributed by atoms with Crippen LogP contribution in [0.15, 0.2) is 12.3 Å². The molecular formula is C16H26N4O2. The van der Waals surface area contributed by atoms with E-state index in [4.69, 9.17) is 0 Å². The van der Waals surface area contributed by atoms with Gasteiger partial charge in [-0.15, -0.1) is 0 Å². The van der Waals surface area contributed by atoms with Crippen LogP contribution in [0.5, 0.6) is 0 Å². The first-order valence-corrected chi connectivity index (χ1v) is 8.34. The Bertz CT molecular complexity index is 510. The third-order valence-electron chi connectivity index (χ3n) is 4.95. The van der Waals surface area contributed by atoms with E-state index in [0.717, 1.165) is 6.54 Å². The van der Waals surface area contributed by atoms with Gasteiger partial charge in [0.25, 0.3) is 5.91 Å². The topological polar surface area (TPSA) is 61.6 Å². The molecule has 22 heavy (non-hydrogen) atoms. The molecule has 1 amide bonds. The van der Waals surface area contributed by atoms with Crippen LogP contribution in [-0.2, 0) is 7.05 Å². The van der Waals surface area contributed by atoms with Crippen LogP contribution in [0.3, 0.4) is 0 Å². The summed E-state index contributed by atoms with van der Waals surface area (Å²) in [5.74, 6) is -0.0375. The smallest absolute Gasteiger partial charge is 0.272 e. The molecule has 2 aliphatic rings. The molecule has 1 N–H and O–H groups in total. The van der Waals surface area contributed by atoms with Crippen molar-refractivity contribution in [3.05, 3.63) is 18.0 Å². The normalized spacial score (nSPS) is 25.2. The molecule has 1 saturated heterocycles. The number of carbonyl (C=O) groups excluding carboxylic acids is 1. The van der Waals surface area contributed by atoms with Crippen molar-refractivity contribution < 1.29 is 9.90 Å². The summed E-state index contributed by atoms with van der Waals surface area (Å²) >= 11 is 0. The number of aryl methyl sites for hydroxylation is 1. The Morgan fingerprint density at radius 1 is 1.23 bits per heavy atom. The van der Waals surface area contributed by atoms with Gasteiger partial charge in [0.1, 0.15) is 5.69 Å². The van der Waals surface area contributed by atoms with Crippen LogP contribution in [-0.4, -0.2) is 68.9 Å². The standard InChI is InChI=1S/C16H26N4O2/c1-18-15(7-8-17-18)16(22)20-10-9-19(11-14(21)12-20)13-5-3-2-4-6-13/h7-8,13-14,21H,2-6,9-12H2,1H3/t14-/m1/s1. The van der Waals surface area contributed by atoms with Crippen molar-refractivity contribution in [2.75, 3.05) is 26.2 Å². The van der Waals surface area contributed by atoms with Crippen LogP contribution < -0.4 is 0 Å². The van der Waals surface area contributed by atoms with Gasteiger partial charge in [0.2, 0.25) is 0 Å². The van der Waals surface area contributed by atoms with E-state index in [0.29, 0.717) is 31.4 Å². The fourth-order valence-electron chi connectivity index (χ4n) is 3.72. The third kappa shape index (κ3) is 3.33. The molecule has 1 aromatic heterocycles. The zero-order chi connectivity index (χ0) is 15.5. The van der Waals surface area contributed by atoms with Crippen LogP contribution in [0.2, 0.25) is 0 Å². The Balaban J connectivity index is 1.66. The number of nitrogens with zero attached hydrogens (tertiary/aromatic N) is 4. The second-order valence-corrected chi connectivity index (χ2v) is 6.53. The van der Waals surface area contributed by atoms with Crippen molar-refractivity contribution in [1.82, 2.24) is 19.6 Å². The molecule has 0 radical (unpaired) electrons. The van der Waals surface area contributed by atoms with Gasteiger partial charge in [0, 0.05) is 45.5 Å². The molecule has 2 heterocycles. The lowest BCUT2D eigenvalue weighted by Crippen LogP contribution is -2.41. The lowest BCUT2D eigenvalue weighted by atomic mass is 9.94. The number of aromatic nitrogens is 2. The summed E-state index contributed by atoms with van der Waals surface area (Å²) in [6.07, 6.45) is 7.52. The lowest BCUT2D eigenvalue weighted by molar-refractivity contribution is 0.0636. The largest absolute Gasteiger partial charge is 0.390 e. The van der Waals surface area contributed by atoms with E-state index in [-0.39, 0.29) is 5.91 Å². The number of carbonyl (C=O) groups is 1. The van der Waals surface area contributed by atoms with Gasteiger partial charge in [-0.3, -0.25) is 14.4 Å². The number of aliphatic hydroxyl groups is 1. The molecule has 1 aliphatic carbocycles. The van der Waals surface area contributed by atoms with Crippen molar-refractivity contribution in [3.63, 3.8) is 0 Å². The minimum absolute atomic E-state index is 0.0375. The Morgan fingerprint density at radius 2 is 2.00 bits per heavy atom. The highest BCUT2D eigenvalue weighted by atomic mass is 16.3. The second-order valence-electron chi connectivity index (χ2n) is 6.53. The summed E-state index contributed by atoms with van der Waals surface area (Å²) in [7, 11) is 1.77. The molecule has 0 bridgehead atoms. The summed E-state index contributed by atoms with van der Waals surface area (Å²) in [6.45, 7) is 2.62. The van der Waals surface area contributed by atoms with E-state index in [2.05, 4.69) is 10.00 Å². The monoisotopic (exact) mass is 306 g/mol. The number of β-amino-alcohol motifs (C(OH)–C–C–N with tert-alkyl or cyclic N) is 1. The minimum atomic E-state index is -0.471. The van der Waals surface area contributed by atoms with Crippen molar-refractivity contribution in [2.24, 2.45) is 7.05 Å². The number of amides is 1. The Labute approximate surface area is 131 Å². The van der Waals surface area contributed by atoms with Crippen molar-refractivity contribution in [2.45, 2.75) is 44.2 Å². The van der Waals surface area contributed by atoms with Crippen molar-refractivity contribution >= 4 is 5.91 Å². The van der Waals surface area contributed by atoms with Gasteiger partial charge in [-0.1, -0.05) is 19.3 Å². The van der Waals surface area contributed by atoms with E-state index in [1.165, 1.54) is 32.1 Å². The molecule has 2 fully saturated rings. The molecular weight excluding hydrogens is 280 g/mol. The average Bonchev–Trinajstić information content (AvgIpc) is 2.85. The third-order valence-corrected chi connectivity index (χ3v) is 4.95. The highest BCUT2D eigenvalue weighted by Gasteiger charge is 2.30. The highest BCUT2D eigenvalue weighted by Crippen LogP contribution is 2.23. The first kappa shape index (κ1) is 15.5. The van der Waals surface area contributed by atoms with Gasteiger partial charge >= 0.3 is 0 Å². The molecule has 0 aromatic carbocycles. The molecule has 0 spiro atoms. The first-order chi connectivity index (χ1) is 10.6. The van der Waals surface area contributed by atoms with Gasteiger partial charge in [0.15, 0.2) is 0 Å². The Kier molecular flexibility index (Phi) is 4.78. The zero-order valence-corrected chi connectivity index (χ0v) is 13.3. The molecule has 6 nitrogen and oxygen atoms in total. The molecule has 122 valence electrons. The van der Waals surface area contributed by atoms with Crippen LogP contribution in [0.25, 0.3) is 0 Å². The summed E-state index contributed by atoms with van der Waals surface area (Å²) in [4.78, 5) is 16.8. The predicted molar refractivity (Wildman–Crippen MR) is 83.6 cm³/mol. The highest BCUT2D eigenvalue weighted by molar-refractivity contribution is 5.92. The van der Waals surface area contributed by atoms with E-state index in [9.17, 15) is 9.90 Å². The Hall–Kier alpha value is -1.40. The number of hydrogen-bond donors (Lipinski definition) is 1. The maximum absolute atomic E-state index is 12.6. The zero-order valence-electron chi connectivity index (χ0n) is 13.3. The van der Waals surface area contributed by atoms with Crippen molar-refractivity contribution in [1.29, 1.82) is 0 Å². The summed E-state index contributed by atoms with van der Waals surface area (Å²) in [5.41, 5.74) is 0.582. The number of rotatable bonds is 2. The SMILES string of the molecule is Cn1nccc1C(=O)N1CCN(C2CCCCC2)C[C@@H](O)C1. The molecule has 1 aromatic rings. The number of aliphatic hydroxyl groups excluding tert-OH is 1. The van der Waals surface area contributed by atoms with Gasteiger partial charge in [0.05, 0.1) is 6.10 Å². The summed E-state index contributed by atoms with van der Waals surface area (Å²) in [6, 6.07) is 2.31. The molecule has 6 heteroatoms. The van der Waals surface area contributed by atoms with Crippen LogP contribution in [0.1, 0.15) is 42.6 Å². The average molecular weight is 306 g/mol. The predicted octanol–water partition coefficient (Wildman–Crippen LogP) is 0.871. The van der Waals surface area contributed by atoms with E-state index >= 15 is 0 Å². The van der Waals surface area contributed by atoms with Gasteiger partial charge in [-0.25, -0.2) is 0 Å². The minimum Gasteiger partial charge on any atom is -0.390 e. The van der Waals surface area contributed by atoms with Crippen LogP contribution >= 0.6 is 0 Å². The summed E-state index contributed by atoms with van der Waals surface area (Å²) < 4.78 is 1.60. The maximum atomic E-state index is 12.6. The number of hydrogen-bond acceptors (Lipinski definition) is 4. The Morgan fingerprint density at radius 3 is 2.68 bits per heavy atom. The molecule has 1 aliphatic heterocycles. The molecule has 1 saturated carbocycles. The van der Waals surface area contributed by atoms with Crippen LogP contribution in [0.4, 0.5) is 0 Å². The quantitative estimate of drug-likeness (QED) is 0.881. The molecule has 3 rings (SSSR count).